The van der Waals surface area contributed by atoms with E-state index in [0.717, 1.165) is 12.8 Å². The molecule has 1 heterocycles. The fourth-order valence-corrected chi connectivity index (χ4v) is 1.79. The number of nitrogens with zero attached hydrogens (tertiary/aromatic N) is 2. The van der Waals surface area contributed by atoms with Gasteiger partial charge in [-0.25, -0.2) is 4.98 Å². The maximum Gasteiger partial charge on any atom is 0.0951 e. The number of hydrogen-bond acceptors (Lipinski definition) is 2. The number of rotatable bonds is 5. The molecule has 0 saturated heterocycles. The smallest absolute Gasteiger partial charge is 0.0951 e. The van der Waals surface area contributed by atoms with Gasteiger partial charge in [0.2, 0.25) is 0 Å². The van der Waals surface area contributed by atoms with Crippen molar-refractivity contribution >= 4 is 0 Å². The van der Waals surface area contributed by atoms with Crippen molar-refractivity contribution in [2.75, 3.05) is 6.54 Å². The second kappa shape index (κ2) is 5.15. The van der Waals surface area contributed by atoms with Crippen molar-refractivity contribution in [2.45, 2.75) is 39.7 Å². The third-order valence-corrected chi connectivity index (χ3v) is 2.62. The molecule has 0 aliphatic rings. The van der Waals surface area contributed by atoms with Crippen molar-refractivity contribution in [3.8, 4) is 0 Å². The minimum absolute atomic E-state index is 0.388. The first kappa shape index (κ1) is 11.2. The van der Waals surface area contributed by atoms with Crippen molar-refractivity contribution in [3.05, 3.63) is 18.2 Å². The first-order valence-electron chi connectivity index (χ1n) is 5.41. The Morgan fingerprint density at radius 3 is 2.71 bits per heavy atom. The van der Waals surface area contributed by atoms with Gasteiger partial charge < -0.3 is 10.3 Å². The first-order chi connectivity index (χ1) is 6.70. The summed E-state index contributed by atoms with van der Waals surface area (Å²) in [5.74, 6) is 0.560. The Kier molecular flexibility index (Phi) is 4.14. The molecule has 0 aliphatic carbocycles. The van der Waals surface area contributed by atoms with Gasteiger partial charge in [0.25, 0.3) is 0 Å². The topological polar surface area (TPSA) is 43.8 Å². The number of nitrogens with two attached hydrogens (primary N) is 1. The Hall–Kier alpha value is -0.830. The van der Waals surface area contributed by atoms with Crippen LogP contribution in [0.1, 0.15) is 38.9 Å². The van der Waals surface area contributed by atoms with E-state index in [4.69, 9.17) is 5.73 Å². The molecule has 1 atom stereocenters. The van der Waals surface area contributed by atoms with Crippen molar-refractivity contribution < 1.29 is 0 Å². The molecule has 1 rings (SSSR count). The first-order valence-corrected chi connectivity index (χ1v) is 5.41. The lowest BCUT2D eigenvalue weighted by Gasteiger charge is -2.22. The zero-order chi connectivity index (χ0) is 10.6. The summed E-state index contributed by atoms with van der Waals surface area (Å²) in [6.45, 7) is 7.27. The van der Waals surface area contributed by atoms with Crippen LogP contribution in [-0.4, -0.2) is 16.1 Å². The normalized spacial score (nSPS) is 13.5. The summed E-state index contributed by atoms with van der Waals surface area (Å²) in [7, 11) is 0. The monoisotopic (exact) mass is 195 g/mol. The van der Waals surface area contributed by atoms with E-state index < -0.39 is 0 Å². The van der Waals surface area contributed by atoms with Gasteiger partial charge >= 0.3 is 0 Å². The fraction of sp³-hybridized carbons (Fsp3) is 0.727. The van der Waals surface area contributed by atoms with Crippen molar-refractivity contribution in [1.82, 2.24) is 9.55 Å². The van der Waals surface area contributed by atoms with Gasteiger partial charge in [0, 0.05) is 24.5 Å². The average molecular weight is 195 g/mol. The molecule has 0 aliphatic heterocycles. The molecule has 80 valence electrons. The van der Waals surface area contributed by atoms with E-state index in [0.29, 0.717) is 18.5 Å². The maximum atomic E-state index is 5.78. The van der Waals surface area contributed by atoms with Crippen LogP contribution >= 0.6 is 0 Å². The summed E-state index contributed by atoms with van der Waals surface area (Å²) >= 11 is 0. The summed E-state index contributed by atoms with van der Waals surface area (Å²) in [5.41, 5.74) is 7.08. The van der Waals surface area contributed by atoms with Crippen LogP contribution in [0.5, 0.6) is 0 Å². The molecule has 0 radical (unpaired) electrons. The Morgan fingerprint density at radius 2 is 2.21 bits per heavy atom. The molecule has 0 spiro atoms. The Bertz CT molecular complexity index is 265. The summed E-state index contributed by atoms with van der Waals surface area (Å²) in [5, 5.41) is 0. The second-order valence-corrected chi connectivity index (χ2v) is 4.09. The molecule has 0 saturated carbocycles. The van der Waals surface area contributed by atoms with Crippen LogP contribution in [-0.2, 0) is 6.42 Å². The van der Waals surface area contributed by atoms with Crippen molar-refractivity contribution in [1.29, 1.82) is 0 Å². The maximum absolute atomic E-state index is 5.78. The average Bonchev–Trinajstić information content (AvgIpc) is 2.55. The summed E-state index contributed by atoms with van der Waals surface area (Å²) in [6.07, 6.45) is 6.10. The van der Waals surface area contributed by atoms with Crippen LogP contribution < -0.4 is 5.73 Å². The lowest BCUT2D eigenvalue weighted by atomic mass is 10.0. The standard InChI is InChI=1S/C11H21N3/c1-4-5-10-7-13-8-14(10)11(6-12)9(2)3/h7-9,11H,4-6,12H2,1-3H3. The highest BCUT2D eigenvalue weighted by Gasteiger charge is 2.15. The number of aryl methyl sites for hydroxylation is 1. The molecule has 0 amide bonds. The van der Waals surface area contributed by atoms with E-state index in [2.05, 4.69) is 30.3 Å². The molecule has 0 bridgehead atoms. The minimum Gasteiger partial charge on any atom is -0.330 e. The van der Waals surface area contributed by atoms with Crippen LogP contribution in [0.15, 0.2) is 12.5 Å². The Morgan fingerprint density at radius 1 is 1.50 bits per heavy atom. The van der Waals surface area contributed by atoms with Gasteiger partial charge in [-0.2, -0.15) is 0 Å². The van der Waals surface area contributed by atoms with Gasteiger partial charge in [-0.3, -0.25) is 0 Å². The van der Waals surface area contributed by atoms with E-state index in [1.54, 1.807) is 0 Å². The zero-order valence-electron chi connectivity index (χ0n) is 9.40. The van der Waals surface area contributed by atoms with Gasteiger partial charge in [0.15, 0.2) is 0 Å². The number of aromatic nitrogens is 2. The molecule has 3 nitrogen and oxygen atoms in total. The van der Waals surface area contributed by atoms with E-state index >= 15 is 0 Å². The minimum atomic E-state index is 0.388. The predicted molar refractivity (Wildman–Crippen MR) is 59.2 cm³/mol. The highest BCUT2D eigenvalue weighted by molar-refractivity contribution is 5.01. The van der Waals surface area contributed by atoms with Gasteiger partial charge in [-0.1, -0.05) is 27.2 Å². The van der Waals surface area contributed by atoms with E-state index in [1.165, 1.54) is 5.69 Å². The van der Waals surface area contributed by atoms with Crippen molar-refractivity contribution in [2.24, 2.45) is 11.7 Å². The third-order valence-electron chi connectivity index (χ3n) is 2.62. The zero-order valence-corrected chi connectivity index (χ0v) is 9.40. The van der Waals surface area contributed by atoms with Gasteiger partial charge in [-0.15, -0.1) is 0 Å². The molecular weight excluding hydrogens is 174 g/mol. The molecule has 3 heteroatoms. The quantitative estimate of drug-likeness (QED) is 0.781. The highest BCUT2D eigenvalue weighted by atomic mass is 15.1. The van der Waals surface area contributed by atoms with E-state index in [9.17, 15) is 0 Å². The molecule has 2 N–H and O–H groups in total. The van der Waals surface area contributed by atoms with Gasteiger partial charge in [0.1, 0.15) is 0 Å². The van der Waals surface area contributed by atoms with Crippen LogP contribution in [0.3, 0.4) is 0 Å². The van der Waals surface area contributed by atoms with E-state index in [1.807, 2.05) is 12.5 Å². The van der Waals surface area contributed by atoms with Crippen LogP contribution in [0.4, 0.5) is 0 Å². The number of hydrogen-bond donors (Lipinski definition) is 1. The second-order valence-electron chi connectivity index (χ2n) is 4.09. The largest absolute Gasteiger partial charge is 0.330 e. The van der Waals surface area contributed by atoms with Crippen molar-refractivity contribution in [3.63, 3.8) is 0 Å². The Balaban J connectivity index is 2.86. The van der Waals surface area contributed by atoms with E-state index in [-0.39, 0.29) is 0 Å². The molecular formula is C11H21N3. The Labute approximate surface area is 86.3 Å². The highest BCUT2D eigenvalue weighted by Crippen LogP contribution is 2.18. The summed E-state index contributed by atoms with van der Waals surface area (Å²) < 4.78 is 2.23. The molecule has 1 unspecified atom stereocenters. The number of imidazole rings is 1. The summed E-state index contributed by atoms with van der Waals surface area (Å²) in [6, 6.07) is 0.388. The van der Waals surface area contributed by atoms with Gasteiger partial charge in [0.05, 0.1) is 6.33 Å². The van der Waals surface area contributed by atoms with Crippen LogP contribution in [0, 0.1) is 5.92 Å². The molecule has 0 fully saturated rings. The lowest BCUT2D eigenvalue weighted by Crippen LogP contribution is -2.24. The van der Waals surface area contributed by atoms with Crippen LogP contribution in [0.2, 0.25) is 0 Å². The molecule has 1 aromatic rings. The third kappa shape index (κ3) is 2.35. The lowest BCUT2D eigenvalue weighted by molar-refractivity contribution is 0.375. The van der Waals surface area contributed by atoms with Crippen LogP contribution in [0.25, 0.3) is 0 Å². The fourth-order valence-electron chi connectivity index (χ4n) is 1.79. The molecule has 14 heavy (non-hydrogen) atoms. The predicted octanol–water partition coefficient (Wildman–Crippen LogP) is 1.99. The molecule has 1 aromatic heterocycles. The molecule has 0 aromatic carbocycles. The summed E-state index contributed by atoms with van der Waals surface area (Å²) in [4.78, 5) is 4.20. The van der Waals surface area contributed by atoms with Gasteiger partial charge in [-0.05, 0) is 12.3 Å². The SMILES string of the molecule is CCCc1cncn1C(CN)C(C)C.